The van der Waals surface area contributed by atoms with Gasteiger partial charge in [-0.1, -0.05) is 13.0 Å². The summed E-state index contributed by atoms with van der Waals surface area (Å²) in [4.78, 5) is 18.1. The molecular formula is C22H31N5S2. The second kappa shape index (κ2) is 9.16. The zero-order valence-electron chi connectivity index (χ0n) is 17.8. The van der Waals surface area contributed by atoms with Crippen LogP contribution in [0.3, 0.4) is 0 Å². The second-order valence-electron chi connectivity index (χ2n) is 7.88. The number of benzene rings is 1. The molecule has 1 aromatic carbocycles. The first-order valence-electron chi connectivity index (χ1n) is 10.5. The molecule has 1 fully saturated rings. The normalized spacial score (nSPS) is 22.3. The molecule has 1 saturated heterocycles. The molecule has 0 saturated carbocycles. The maximum Gasteiger partial charge on any atom is 0.178 e. The zero-order valence-corrected chi connectivity index (χ0v) is 19.5. The van der Waals surface area contributed by atoms with Gasteiger partial charge >= 0.3 is 0 Å². The predicted octanol–water partition coefficient (Wildman–Crippen LogP) is 4.57. The SMILES string of the molecule is CCCSC1=CN(C)C(N2CCN(C(C)c3ccc4sc(C)nc4c3)CC2)N=C1. The standard InChI is InChI=1S/C22H31N5S2/c1-5-12-28-19-14-23-22(25(4)15-19)27-10-8-26(9-11-27)16(2)18-6-7-21-20(13-18)24-17(3)29-21/h6-7,13-16,22H,5,8-12H2,1-4H3. The molecule has 0 amide bonds. The van der Waals surface area contributed by atoms with Crippen molar-refractivity contribution in [3.05, 3.63) is 39.9 Å². The molecule has 0 spiro atoms. The minimum absolute atomic E-state index is 0.132. The van der Waals surface area contributed by atoms with Gasteiger partial charge in [0.15, 0.2) is 6.29 Å². The van der Waals surface area contributed by atoms with Crippen molar-refractivity contribution in [2.24, 2.45) is 4.99 Å². The lowest BCUT2D eigenvalue weighted by atomic mass is 10.1. The Morgan fingerprint density at radius 2 is 2.03 bits per heavy atom. The summed E-state index contributed by atoms with van der Waals surface area (Å²) in [5.74, 6) is 1.15. The molecule has 2 aromatic rings. The third-order valence-corrected chi connectivity index (χ3v) is 7.84. The lowest BCUT2D eigenvalue weighted by molar-refractivity contribution is 0.0310. The van der Waals surface area contributed by atoms with Crippen molar-refractivity contribution in [3.8, 4) is 0 Å². The first-order valence-corrected chi connectivity index (χ1v) is 12.3. The average molecular weight is 430 g/mol. The van der Waals surface area contributed by atoms with Crippen molar-refractivity contribution in [1.82, 2.24) is 19.7 Å². The quantitative estimate of drug-likeness (QED) is 0.672. The van der Waals surface area contributed by atoms with Gasteiger partial charge in [-0.15, -0.1) is 23.1 Å². The Morgan fingerprint density at radius 3 is 2.76 bits per heavy atom. The summed E-state index contributed by atoms with van der Waals surface area (Å²) >= 11 is 3.67. The van der Waals surface area contributed by atoms with E-state index in [4.69, 9.17) is 4.99 Å². The van der Waals surface area contributed by atoms with E-state index in [-0.39, 0.29) is 6.29 Å². The predicted molar refractivity (Wildman–Crippen MR) is 127 cm³/mol. The molecule has 156 valence electrons. The van der Waals surface area contributed by atoms with Gasteiger partial charge in [-0.25, -0.2) is 4.98 Å². The van der Waals surface area contributed by atoms with Crippen LogP contribution in [0.2, 0.25) is 0 Å². The Labute approximate surface area is 182 Å². The number of aryl methyl sites for hydroxylation is 1. The molecule has 0 aliphatic carbocycles. The highest BCUT2D eigenvalue weighted by Crippen LogP contribution is 2.29. The third kappa shape index (κ3) is 4.68. The number of allylic oxidation sites excluding steroid dienone is 1. The minimum atomic E-state index is 0.132. The van der Waals surface area contributed by atoms with Crippen LogP contribution in [0.25, 0.3) is 10.2 Å². The zero-order chi connectivity index (χ0) is 20.4. The number of rotatable bonds is 6. The summed E-state index contributed by atoms with van der Waals surface area (Å²) < 4.78 is 1.28. The van der Waals surface area contributed by atoms with Crippen molar-refractivity contribution < 1.29 is 0 Å². The molecule has 0 N–H and O–H groups in total. The van der Waals surface area contributed by atoms with E-state index >= 15 is 0 Å². The van der Waals surface area contributed by atoms with Crippen LogP contribution in [0.4, 0.5) is 0 Å². The molecule has 2 unspecified atom stereocenters. The Morgan fingerprint density at radius 1 is 1.24 bits per heavy atom. The first kappa shape index (κ1) is 20.8. The number of thioether (sulfide) groups is 1. The summed E-state index contributed by atoms with van der Waals surface area (Å²) in [5, 5.41) is 1.14. The van der Waals surface area contributed by atoms with Crippen LogP contribution in [0, 0.1) is 6.92 Å². The van der Waals surface area contributed by atoms with E-state index in [9.17, 15) is 0 Å². The largest absolute Gasteiger partial charge is 0.346 e. The van der Waals surface area contributed by atoms with Gasteiger partial charge in [0.1, 0.15) is 0 Å². The highest BCUT2D eigenvalue weighted by molar-refractivity contribution is 8.03. The molecular weight excluding hydrogens is 398 g/mol. The number of thiazole rings is 1. The summed E-state index contributed by atoms with van der Waals surface area (Å²) in [6, 6.07) is 7.19. The Hall–Kier alpha value is -1.41. The number of hydrogen-bond acceptors (Lipinski definition) is 7. The number of piperazine rings is 1. The van der Waals surface area contributed by atoms with Gasteiger partial charge in [0.2, 0.25) is 0 Å². The van der Waals surface area contributed by atoms with E-state index < -0.39 is 0 Å². The summed E-state index contributed by atoms with van der Waals surface area (Å²) in [5.41, 5.74) is 2.50. The maximum atomic E-state index is 4.85. The Balaban J connectivity index is 1.35. The van der Waals surface area contributed by atoms with Crippen molar-refractivity contribution in [3.63, 3.8) is 0 Å². The molecule has 2 atom stereocenters. The molecule has 2 aliphatic heterocycles. The van der Waals surface area contributed by atoms with E-state index in [2.05, 4.69) is 78.1 Å². The maximum absolute atomic E-state index is 4.85. The van der Waals surface area contributed by atoms with Gasteiger partial charge in [0.05, 0.1) is 15.2 Å². The van der Waals surface area contributed by atoms with Crippen LogP contribution in [0.5, 0.6) is 0 Å². The highest BCUT2D eigenvalue weighted by Gasteiger charge is 2.29. The highest BCUT2D eigenvalue weighted by atomic mass is 32.2. The van der Waals surface area contributed by atoms with Crippen LogP contribution in [-0.4, -0.2) is 71.2 Å². The van der Waals surface area contributed by atoms with E-state index in [0.29, 0.717) is 6.04 Å². The summed E-state index contributed by atoms with van der Waals surface area (Å²) in [7, 11) is 2.15. The van der Waals surface area contributed by atoms with Gasteiger partial charge in [0.25, 0.3) is 0 Å². The van der Waals surface area contributed by atoms with Gasteiger partial charge in [-0.2, -0.15) is 0 Å². The Bertz CT molecular complexity index is 898. The number of aliphatic imine (C=N–C) groups is 1. The van der Waals surface area contributed by atoms with E-state index in [1.807, 2.05) is 11.8 Å². The molecule has 2 aliphatic rings. The molecule has 1 aromatic heterocycles. The molecule has 3 heterocycles. The van der Waals surface area contributed by atoms with Gasteiger partial charge in [0, 0.05) is 56.6 Å². The monoisotopic (exact) mass is 429 g/mol. The first-order chi connectivity index (χ1) is 14.0. The van der Waals surface area contributed by atoms with E-state index in [1.54, 1.807) is 11.3 Å². The van der Waals surface area contributed by atoms with Gasteiger partial charge in [-0.05, 0) is 43.7 Å². The summed E-state index contributed by atoms with van der Waals surface area (Å²) in [6.07, 6.45) is 5.63. The topological polar surface area (TPSA) is 35.0 Å². The average Bonchev–Trinajstić information content (AvgIpc) is 3.11. The number of fused-ring (bicyclic) bond motifs is 1. The van der Waals surface area contributed by atoms with E-state index in [1.165, 1.54) is 21.6 Å². The van der Waals surface area contributed by atoms with Crippen molar-refractivity contribution in [1.29, 1.82) is 0 Å². The molecule has 0 bridgehead atoms. The molecule has 4 rings (SSSR count). The molecule has 7 heteroatoms. The lowest BCUT2D eigenvalue weighted by Gasteiger charge is -2.43. The Kier molecular flexibility index (Phi) is 6.59. The smallest absolute Gasteiger partial charge is 0.178 e. The number of aromatic nitrogens is 1. The van der Waals surface area contributed by atoms with Crippen LogP contribution >= 0.6 is 23.1 Å². The van der Waals surface area contributed by atoms with Crippen molar-refractivity contribution >= 4 is 39.5 Å². The third-order valence-electron chi connectivity index (χ3n) is 5.73. The van der Waals surface area contributed by atoms with Crippen molar-refractivity contribution in [2.45, 2.75) is 39.5 Å². The van der Waals surface area contributed by atoms with Crippen molar-refractivity contribution in [2.75, 3.05) is 39.0 Å². The minimum Gasteiger partial charge on any atom is -0.346 e. The van der Waals surface area contributed by atoms with Gasteiger partial charge in [-0.3, -0.25) is 14.8 Å². The summed E-state index contributed by atoms with van der Waals surface area (Å²) in [6.45, 7) is 10.8. The van der Waals surface area contributed by atoms with Crippen LogP contribution in [-0.2, 0) is 0 Å². The number of hydrogen-bond donors (Lipinski definition) is 0. The number of nitrogens with zero attached hydrogens (tertiary/aromatic N) is 5. The fourth-order valence-electron chi connectivity index (χ4n) is 4.08. The van der Waals surface area contributed by atoms with Crippen LogP contribution in [0.15, 0.2) is 34.3 Å². The fourth-order valence-corrected chi connectivity index (χ4v) is 5.70. The van der Waals surface area contributed by atoms with Crippen LogP contribution < -0.4 is 0 Å². The van der Waals surface area contributed by atoms with Gasteiger partial charge < -0.3 is 4.90 Å². The van der Waals surface area contributed by atoms with Crippen LogP contribution in [0.1, 0.15) is 36.9 Å². The van der Waals surface area contributed by atoms with E-state index in [0.717, 1.165) is 42.5 Å². The molecule has 29 heavy (non-hydrogen) atoms. The molecule has 0 radical (unpaired) electrons. The lowest BCUT2D eigenvalue weighted by Crippen LogP contribution is -2.54. The molecule has 5 nitrogen and oxygen atoms in total. The fraction of sp³-hybridized carbons (Fsp3) is 0.545. The second-order valence-corrected chi connectivity index (χ2v) is 10.3.